The van der Waals surface area contributed by atoms with Crippen molar-refractivity contribution in [2.24, 2.45) is 0 Å². The molecule has 1 aromatic rings. The molecule has 3 aliphatic heterocycles. The summed E-state index contributed by atoms with van der Waals surface area (Å²) in [5, 5.41) is 3.45. The highest BCUT2D eigenvalue weighted by Gasteiger charge is 2.28. The van der Waals surface area contributed by atoms with Gasteiger partial charge in [-0.2, -0.15) is 0 Å². The maximum Gasteiger partial charge on any atom is 0.222 e. The number of aromatic nitrogens is 2. The van der Waals surface area contributed by atoms with Crippen molar-refractivity contribution in [1.82, 2.24) is 20.2 Å². The number of nitrogens with one attached hydrogen (secondary N) is 1. The van der Waals surface area contributed by atoms with E-state index in [1.54, 1.807) is 0 Å². The lowest BCUT2D eigenvalue weighted by Gasteiger charge is -2.38. The van der Waals surface area contributed by atoms with E-state index in [2.05, 4.69) is 21.2 Å². The van der Waals surface area contributed by atoms with Gasteiger partial charge in [-0.05, 0) is 65.0 Å². The van der Waals surface area contributed by atoms with Gasteiger partial charge in [-0.15, -0.1) is 0 Å². The molecule has 0 aliphatic carbocycles. The van der Waals surface area contributed by atoms with Gasteiger partial charge in [0.15, 0.2) is 0 Å². The number of carbonyl (C=O) groups is 1. The van der Waals surface area contributed by atoms with Crippen LogP contribution in [-0.4, -0.2) is 59.5 Å². The zero-order valence-electron chi connectivity index (χ0n) is 16.6. The molecule has 148 valence electrons. The van der Waals surface area contributed by atoms with Gasteiger partial charge in [0.05, 0.1) is 0 Å². The van der Waals surface area contributed by atoms with Crippen LogP contribution in [0, 0.1) is 6.92 Å². The van der Waals surface area contributed by atoms with E-state index in [0.29, 0.717) is 17.9 Å². The van der Waals surface area contributed by atoms with Crippen molar-refractivity contribution in [3.63, 3.8) is 0 Å². The molecule has 6 nitrogen and oxygen atoms in total. The molecule has 3 saturated heterocycles. The van der Waals surface area contributed by atoms with Gasteiger partial charge in [0.25, 0.3) is 0 Å². The molecule has 0 aromatic carbocycles. The van der Waals surface area contributed by atoms with Crippen LogP contribution in [0.2, 0.25) is 0 Å². The van der Waals surface area contributed by atoms with Crippen molar-refractivity contribution in [3.05, 3.63) is 17.6 Å². The van der Waals surface area contributed by atoms with Gasteiger partial charge in [0.2, 0.25) is 5.91 Å². The summed E-state index contributed by atoms with van der Waals surface area (Å²) < 4.78 is 0. The number of likely N-dealkylation sites (tertiary alicyclic amines) is 1. The summed E-state index contributed by atoms with van der Waals surface area (Å²) in [4.78, 5) is 26.1. The Hall–Kier alpha value is -1.69. The molecule has 27 heavy (non-hydrogen) atoms. The summed E-state index contributed by atoms with van der Waals surface area (Å²) >= 11 is 0. The minimum Gasteiger partial charge on any atom is -0.353 e. The molecule has 1 N–H and O–H groups in total. The number of hydrogen-bond acceptors (Lipinski definition) is 5. The third kappa shape index (κ3) is 4.42. The van der Waals surface area contributed by atoms with E-state index < -0.39 is 0 Å². The second-order valence-corrected chi connectivity index (χ2v) is 8.34. The summed E-state index contributed by atoms with van der Waals surface area (Å²) in [5.74, 6) is 2.88. The number of piperidine rings is 2. The maximum atomic E-state index is 11.9. The molecular weight excluding hydrogens is 338 g/mol. The number of carbonyl (C=O) groups excluding carboxylic acids is 1. The first-order valence-electron chi connectivity index (χ1n) is 10.8. The molecule has 0 saturated carbocycles. The normalized spacial score (nSPS) is 24.6. The molecule has 4 heterocycles. The fourth-order valence-electron chi connectivity index (χ4n) is 4.90. The van der Waals surface area contributed by atoms with Gasteiger partial charge in [0, 0.05) is 49.8 Å². The van der Waals surface area contributed by atoms with E-state index in [-0.39, 0.29) is 0 Å². The van der Waals surface area contributed by atoms with Crippen LogP contribution in [0.4, 0.5) is 5.82 Å². The summed E-state index contributed by atoms with van der Waals surface area (Å²) in [6.45, 7) is 7.10. The molecule has 0 spiro atoms. The number of amides is 1. The largest absolute Gasteiger partial charge is 0.353 e. The zero-order valence-corrected chi connectivity index (χ0v) is 16.6. The molecule has 1 amide bonds. The van der Waals surface area contributed by atoms with Gasteiger partial charge in [-0.25, -0.2) is 9.97 Å². The van der Waals surface area contributed by atoms with Crippen molar-refractivity contribution in [1.29, 1.82) is 0 Å². The quantitative estimate of drug-likeness (QED) is 0.862. The van der Waals surface area contributed by atoms with Crippen LogP contribution in [0.25, 0.3) is 0 Å². The third-order valence-electron chi connectivity index (χ3n) is 6.43. The molecule has 1 aromatic heterocycles. The molecule has 0 unspecified atom stereocenters. The summed E-state index contributed by atoms with van der Waals surface area (Å²) in [6.07, 6.45) is 8.85. The van der Waals surface area contributed by atoms with Crippen molar-refractivity contribution < 1.29 is 4.79 Å². The van der Waals surface area contributed by atoms with E-state index in [0.717, 1.165) is 76.5 Å². The fraction of sp³-hybridized carbons (Fsp3) is 0.762. The molecule has 1 atom stereocenters. The van der Waals surface area contributed by atoms with Gasteiger partial charge in [-0.1, -0.05) is 0 Å². The Labute approximate surface area is 162 Å². The Bertz CT molecular complexity index is 658. The van der Waals surface area contributed by atoms with Gasteiger partial charge < -0.3 is 15.1 Å². The second-order valence-electron chi connectivity index (χ2n) is 8.34. The average molecular weight is 372 g/mol. The fourth-order valence-corrected chi connectivity index (χ4v) is 4.90. The standard InChI is InChI=1S/C21H33N5O/c1-16-23-19(17-7-10-22-11-8-17)15-20(24-16)26-13-3-2-5-18(26)9-14-25-12-4-6-21(25)27/h15,17-18,22H,2-14H2,1H3/t18-/m1/s1. The van der Waals surface area contributed by atoms with Crippen LogP contribution < -0.4 is 10.2 Å². The van der Waals surface area contributed by atoms with Gasteiger partial charge in [-0.3, -0.25) is 4.79 Å². The van der Waals surface area contributed by atoms with Crippen molar-refractivity contribution in [3.8, 4) is 0 Å². The Balaban J connectivity index is 1.48. The Kier molecular flexibility index (Phi) is 5.91. The summed E-state index contributed by atoms with van der Waals surface area (Å²) in [6, 6.07) is 2.74. The highest BCUT2D eigenvalue weighted by molar-refractivity contribution is 5.78. The minimum absolute atomic E-state index is 0.337. The lowest BCUT2D eigenvalue weighted by Crippen LogP contribution is -2.42. The number of nitrogens with zero attached hydrogens (tertiary/aromatic N) is 4. The monoisotopic (exact) mass is 371 g/mol. The first-order valence-corrected chi connectivity index (χ1v) is 10.8. The lowest BCUT2D eigenvalue weighted by atomic mass is 9.93. The maximum absolute atomic E-state index is 11.9. The van der Waals surface area contributed by atoms with Gasteiger partial charge in [0.1, 0.15) is 11.6 Å². The first-order chi connectivity index (χ1) is 13.2. The molecular formula is C21H33N5O. The number of rotatable bonds is 5. The van der Waals surface area contributed by atoms with Crippen molar-refractivity contribution in [2.75, 3.05) is 37.6 Å². The predicted molar refractivity (Wildman–Crippen MR) is 107 cm³/mol. The number of aryl methyl sites for hydroxylation is 1. The highest BCUT2D eigenvalue weighted by Crippen LogP contribution is 2.30. The minimum atomic E-state index is 0.337. The molecule has 3 fully saturated rings. The summed E-state index contributed by atoms with van der Waals surface area (Å²) in [5.41, 5.74) is 1.22. The van der Waals surface area contributed by atoms with E-state index in [1.807, 2.05) is 6.92 Å². The SMILES string of the molecule is Cc1nc(C2CCNCC2)cc(N2CCCC[C@@H]2CCN2CCCC2=O)n1. The molecule has 3 aliphatic rings. The van der Waals surface area contributed by atoms with Crippen molar-refractivity contribution in [2.45, 2.75) is 70.3 Å². The van der Waals surface area contributed by atoms with E-state index >= 15 is 0 Å². The Morgan fingerprint density at radius 2 is 1.96 bits per heavy atom. The van der Waals surface area contributed by atoms with Crippen LogP contribution in [0.1, 0.15) is 68.8 Å². The molecule has 6 heteroatoms. The van der Waals surface area contributed by atoms with Crippen LogP contribution >= 0.6 is 0 Å². The Morgan fingerprint density at radius 1 is 1.11 bits per heavy atom. The van der Waals surface area contributed by atoms with E-state index in [4.69, 9.17) is 9.97 Å². The van der Waals surface area contributed by atoms with E-state index in [9.17, 15) is 4.79 Å². The third-order valence-corrected chi connectivity index (χ3v) is 6.43. The first kappa shape index (κ1) is 18.7. The van der Waals surface area contributed by atoms with Gasteiger partial charge >= 0.3 is 0 Å². The molecule has 0 radical (unpaired) electrons. The van der Waals surface area contributed by atoms with E-state index in [1.165, 1.54) is 25.0 Å². The highest BCUT2D eigenvalue weighted by atomic mass is 16.2. The Morgan fingerprint density at radius 3 is 2.74 bits per heavy atom. The van der Waals surface area contributed by atoms with Crippen LogP contribution in [0.15, 0.2) is 6.07 Å². The van der Waals surface area contributed by atoms with Crippen LogP contribution in [0.5, 0.6) is 0 Å². The lowest BCUT2D eigenvalue weighted by molar-refractivity contribution is -0.127. The zero-order chi connectivity index (χ0) is 18.6. The molecule has 4 rings (SSSR count). The average Bonchev–Trinajstić information content (AvgIpc) is 3.11. The predicted octanol–water partition coefficient (Wildman–Crippen LogP) is 2.62. The summed E-state index contributed by atoms with van der Waals surface area (Å²) in [7, 11) is 0. The smallest absolute Gasteiger partial charge is 0.222 e. The number of hydrogen-bond donors (Lipinski definition) is 1. The molecule has 0 bridgehead atoms. The van der Waals surface area contributed by atoms with Crippen LogP contribution in [-0.2, 0) is 4.79 Å². The second kappa shape index (κ2) is 8.55. The van der Waals surface area contributed by atoms with Crippen molar-refractivity contribution >= 4 is 11.7 Å². The van der Waals surface area contributed by atoms with Crippen LogP contribution in [0.3, 0.4) is 0 Å². The topological polar surface area (TPSA) is 61.4 Å². The number of anilines is 1.